The van der Waals surface area contributed by atoms with Gasteiger partial charge in [0, 0.05) is 12.1 Å². The summed E-state index contributed by atoms with van der Waals surface area (Å²) in [6, 6.07) is 1.33. The van der Waals surface area contributed by atoms with Gasteiger partial charge >= 0.3 is 0 Å². The van der Waals surface area contributed by atoms with Gasteiger partial charge in [0.05, 0.1) is 12.7 Å². The third-order valence-corrected chi connectivity index (χ3v) is 2.92. The standard InChI is InChI=1S/C11H15N5O2/c1-2-8-11(18)14-9(17)6-16(8)10-7(5-12)3-4-13-15-10/h3-4,8H,2,5-6,12H2,1H3,(H,14,17,18). The van der Waals surface area contributed by atoms with Crippen LogP contribution in [0, 0.1) is 0 Å². The van der Waals surface area contributed by atoms with Gasteiger partial charge in [-0.2, -0.15) is 5.10 Å². The molecule has 2 rings (SSSR count). The fourth-order valence-corrected chi connectivity index (χ4v) is 2.05. The molecule has 96 valence electrons. The first-order valence-corrected chi connectivity index (χ1v) is 5.78. The normalized spacial score (nSPS) is 19.9. The third kappa shape index (κ3) is 2.17. The van der Waals surface area contributed by atoms with Crippen LogP contribution in [0.4, 0.5) is 5.82 Å². The predicted octanol–water partition coefficient (Wildman–Crippen LogP) is -0.823. The minimum absolute atomic E-state index is 0.0932. The van der Waals surface area contributed by atoms with E-state index in [0.29, 0.717) is 12.2 Å². The number of rotatable bonds is 3. The van der Waals surface area contributed by atoms with Crippen LogP contribution in [0.1, 0.15) is 18.9 Å². The molecular weight excluding hydrogens is 234 g/mol. The van der Waals surface area contributed by atoms with Gasteiger partial charge in [0.15, 0.2) is 5.82 Å². The zero-order valence-electron chi connectivity index (χ0n) is 10.1. The van der Waals surface area contributed by atoms with E-state index in [9.17, 15) is 9.59 Å². The van der Waals surface area contributed by atoms with Gasteiger partial charge in [0.1, 0.15) is 6.04 Å². The molecular formula is C11H15N5O2. The van der Waals surface area contributed by atoms with Crippen LogP contribution in [-0.2, 0) is 16.1 Å². The summed E-state index contributed by atoms with van der Waals surface area (Å²) in [6.07, 6.45) is 2.12. The lowest BCUT2D eigenvalue weighted by Crippen LogP contribution is -2.58. The van der Waals surface area contributed by atoms with Gasteiger partial charge in [-0.05, 0) is 12.5 Å². The quantitative estimate of drug-likeness (QED) is 0.678. The Morgan fingerprint density at radius 2 is 2.33 bits per heavy atom. The van der Waals surface area contributed by atoms with Crippen molar-refractivity contribution in [1.29, 1.82) is 0 Å². The van der Waals surface area contributed by atoms with Crippen LogP contribution in [0.2, 0.25) is 0 Å². The minimum atomic E-state index is -0.412. The molecule has 1 fully saturated rings. The van der Waals surface area contributed by atoms with E-state index in [4.69, 9.17) is 5.73 Å². The Labute approximate surface area is 104 Å². The van der Waals surface area contributed by atoms with Gasteiger partial charge in [-0.1, -0.05) is 6.92 Å². The second-order valence-electron chi connectivity index (χ2n) is 4.05. The predicted molar refractivity (Wildman–Crippen MR) is 64.5 cm³/mol. The minimum Gasteiger partial charge on any atom is -0.334 e. The average Bonchev–Trinajstić information content (AvgIpc) is 2.38. The molecule has 0 aromatic carbocycles. The Morgan fingerprint density at radius 3 is 3.00 bits per heavy atom. The van der Waals surface area contributed by atoms with Crippen LogP contribution in [0.25, 0.3) is 0 Å². The second-order valence-corrected chi connectivity index (χ2v) is 4.05. The number of piperazine rings is 1. The summed E-state index contributed by atoms with van der Waals surface area (Å²) in [5.74, 6) is -0.129. The molecule has 7 nitrogen and oxygen atoms in total. The van der Waals surface area contributed by atoms with Gasteiger partial charge in [-0.3, -0.25) is 14.9 Å². The highest BCUT2D eigenvalue weighted by Crippen LogP contribution is 2.21. The van der Waals surface area contributed by atoms with Gasteiger partial charge in [0.25, 0.3) is 0 Å². The van der Waals surface area contributed by atoms with Crippen molar-refractivity contribution < 1.29 is 9.59 Å². The molecule has 1 aliphatic heterocycles. The van der Waals surface area contributed by atoms with Crippen LogP contribution in [0.15, 0.2) is 12.3 Å². The molecule has 1 aromatic heterocycles. The lowest BCUT2D eigenvalue weighted by Gasteiger charge is -2.34. The van der Waals surface area contributed by atoms with Gasteiger partial charge in [0.2, 0.25) is 11.8 Å². The van der Waals surface area contributed by atoms with E-state index in [1.165, 1.54) is 0 Å². The van der Waals surface area contributed by atoms with Crippen molar-refractivity contribution in [2.75, 3.05) is 11.4 Å². The maximum absolute atomic E-state index is 11.8. The van der Waals surface area contributed by atoms with Crippen molar-refractivity contribution in [2.45, 2.75) is 25.9 Å². The molecule has 7 heteroatoms. The maximum atomic E-state index is 11.8. The highest BCUT2D eigenvalue weighted by atomic mass is 16.2. The number of imide groups is 1. The first-order valence-electron chi connectivity index (χ1n) is 5.78. The molecule has 1 unspecified atom stereocenters. The summed E-state index contributed by atoms with van der Waals surface area (Å²) >= 11 is 0. The van der Waals surface area contributed by atoms with Crippen molar-refractivity contribution in [1.82, 2.24) is 15.5 Å². The number of hydrogen-bond acceptors (Lipinski definition) is 6. The Kier molecular flexibility index (Phi) is 3.52. The Hall–Kier alpha value is -2.02. The van der Waals surface area contributed by atoms with Crippen molar-refractivity contribution in [3.8, 4) is 0 Å². The van der Waals surface area contributed by atoms with Gasteiger partial charge < -0.3 is 10.6 Å². The fourth-order valence-electron chi connectivity index (χ4n) is 2.05. The zero-order chi connectivity index (χ0) is 13.1. The van der Waals surface area contributed by atoms with Crippen LogP contribution < -0.4 is 16.0 Å². The number of nitrogens with two attached hydrogens (primary N) is 1. The van der Waals surface area contributed by atoms with Crippen LogP contribution in [-0.4, -0.2) is 34.6 Å². The molecule has 18 heavy (non-hydrogen) atoms. The summed E-state index contributed by atoms with van der Waals surface area (Å²) in [4.78, 5) is 24.9. The molecule has 0 bridgehead atoms. The van der Waals surface area contributed by atoms with E-state index >= 15 is 0 Å². The molecule has 2 amide bonds. The fraction of sp³-hybridized carbons (Fsp3) is 0.455. The number of carbonyl (C=O) groups is 2. The Balaban J connectivity index is 2.39. The Morgan fingerprint density at radius 1 is 1.56 bits per heavy atom. The van der Waals surface area contributed by atoms with Crippen molar-refractivity contribution in [3.63, 3.8) is 0 Å². The third-order valence-electron chi connectivity index (χ3n) is 2.92. The van der Waals surface area contributed by atoms with Gasteiger partial charge in [-0.25, -0.2) is 0 Å². The number of amides is 2. The first-order chi connectivity index (χ1) is 8.67. The monoisotopic (exact) mass is 249 g/mol. The molecule has 1 aliphatic rings. The van der Waals surface area contributed by atoms with E-state index in [1.807, 2.05) is 6.92 Å². The number of nitrogens with one attached hydrogen (secondary N) is 1. The number of hydrogen-bond donors (Lipinski definition) is 2. The molecule has 2 heterocycles. The van der Waals surface area contributed by atoms with E-state index in [0.717, 1.165) is 5.56 Å². The smallest absolute Gasteiger partial charge is 0.249 e. The SMILES string of the molecule is CCC1C(=O)NC(=O)CN1c1nnccc1CN. The van der Waals surface area contributed by atoms with E-state index in [1.54, 1.807) is 17.2 Å². The van der Waals surface area contributed by atoms with E-state index in [-0.39, 0.29) is 24.9 Å². The lowest BCUT2D eigenvalue weighted by molar-refractivity contribution is -0.132. The molecule has 1 aromatic rings. The maximum Gasteiger partial charge on any atom is 0.249 e. The highest BCUT2D eigenvalue weighted by Gasteiger charge is 2.34. The number of anilines is 1. The summed E-state index contributed by atoms with van der Waals surface area (Å²) in [5.41, 5.74) is 6.40. The van der Waals surface area contributed by atoms with Crippen LogP contribution in [0.3, 0.4) is 0 Å². The van der Waals surface area contributed by atoms with Crippen LogP contribution in [0.5, 0.6) is 0 Å². The van der Waals surface area contributed by atoms with Crippen molar-refractivity contribution >= 4 is 17.6 Å². The first kappa shape index (κ1) is 12.4. The summed E-state index contributed by atoms with van der Waals surface area (Å²) in [7, 11) is 0. The summed E-state index contributed by atoms with van der Waals surface area (Å²) in [6.45, 7) is 2.26. The molecule has 3 N–H and O–H groups in total. The largest absolute Gasteiger partial charge is 0.334 e. The van der Waals surface area contributed by atoms with Crippen molar-refractivity contribution in [3.05, 3.63) is 17.8 Å². The van der Waals surface area contributed by atoms with Gasteiger partial charge in [-0.15, -0.1) is 5.10 Å². The molecule has 1 saturated heterocycles. The van der Waals surface area contributed by atoms with Crippen molar-refractivity contribution in [2.24, 2.45) is 5.73 Å². The number of carbonyl (C=O) groups excluding carboxylic acids is 2. The summed E-state index contributed by atoms with van der Waals surface area (Å²) < 4.78 is 0. The number of aromatic nitrogens is 2. The summed E-state index contributed by atoms with van der Waals surface area (Å²) in [5, 5.41) is 10.1. The molecule has 0 saturated carbocycles. The molecule has 0 aliphatic carbocycles. The topological polar surface area (TPSA) is 101 Å². The van der Waals surface area contributed by atoms with E-state index < -0.39 is 6.04 Å². The lowest BCUT2D eigenvalue weighted by atomic mass is 10.1. The zero-order valence-corrected chi connectivity index (χ0v) is 10.1. The average molecular weight is 249 g/mol. The number of nitrogens with zero attached hydrogens (tertiary/aromatic N) is 3. The van der Waals surface area contributed by atoms with E-state index in [2.05, 4.69) is 15.5 Å². The second kappa shape index (κ2) is 5.09. The molecule has 0 radical (unpaired) electrons. The Bertz CT molecular complexity index is 476. The highest BCUT2D eigenvalue weighted by molar-refractivity contribution is 6.04. The molecule has 0 spiro atoms. The molecule has 1 atom stereocenters. The van der Waals surface area contributed by atoms with Crippen LogP contribution >= 0.6 is 0 Å².